The fourth-order valence-electron chi connectivity index (χ4n) is 1.93. The second kappa shape index (κ2) is 9.79. The van der Waals surface area contributed by atoms with Crippen molar-refractivity contribution in [3.8, 4) is 5.75 Å². The van der Waals surface area contributed by atoms with Crippen LogP contribution in [0, 0.1) is 0 Å². The van der Waals surface area contributed by atoms with Crippen molar-refractivity contribution >= 4 is 21.8 Å². The highest BCUT2D eigenvalue weighted by Crippen LogP contribution is 2.27. The molecule has 1 unspecified atom stereocenters. The van der Waals surface area contributed by atoms with Gasteiger partial charge in [-0.05, 0) is 54.0 Å². The maximum absolute atomic E-state index is 11.9. The molecule has 0 aliphatic carbocycles. The Hall–Kier alpha value is -1.07. The van der Waals surface area contributed by atoms with Crippen molar-refractivity contribution < 1.29 is 9.53 Å². The first-order chi connectivity index (χ1) is 10.1. The number of amides is 1. The Bertz CT molecular complexity index is 452. The van der Waals surface area contributed by atoms with Crippen LogP contribution in [0.1, 0.15) is 38.7 Å². The molecule has 1 amide bonds. The number of benzene rings is 1. The van der Waals surface area contributed by atoms with Crippen molar-refractivity contribution in [3.63, 3.8) is 0 Å². The van der Waals surface area contributed by atoms with Crippen LogP contribution in [0.5, 0.6) is 5.75 Å². The topological polar surface area (TPSA) is 50.4 Å². The van der Waals surface area contributed by atoms with E-state index in [1.807, 2.05) is 25.2 Å². The summed E-state index contributed by atoms with van der Waals surface area (Å²) >= 11 is 3.48. The van der Waals surface area contributed by atoms with Gasteiger partial charge in [-0.25, -0.2) is 0 Å². The average Bonchev–Trinajstić information content (AvgIpc) is 2.46. The fourth-order valence-corrected chi connectivity index (χ4v) is 2.45. The summed E-state index contributed by atoms with van der Waals surface area (Å²) in [6.45, 7) is 5.42. The largest absolute Gasteiger partial charge is 0.480 e. The van der Waals surface area contributed by atoms with Crippen LogP contribution in [-0.4, -0.2) is 25.6 Å². The molecule has 0 fully saturated rings. The molecule has 0 aromatic heterocycles. The number of rotatable bonds is 9. The molecule has 1 rings (SSSR count). The molecule has 4 nitrogen and oxygen atoms in total. The van der Waals surface area contributed by atoms with Gasteiger partial charge in [-0.15, -0.1) is 0 Å². The van der Waals surface area contributed by atoms with Crippen LogP contribution >= 0.6 is 15.9 Å². The van der Waals surface area contributed by atoms with Crippen LogP contribution in [-0.2, 0) is 11.3 Å². The molecule has 21 heavy (non-hydrogen) atoms. The van der Waals surface area contributed by atoms with E-state index in [-0.39, 0.29) is 5.91 Å². The van der Waals surface area contributed by atoms with Gasteiger partial charge >= 0.3 is 0 Å². The van der Waals surface area contributed by atoms with E-state index in [1.165, 1.54) is 0 Å². The van der Waals surface area contributed by atoms with Gasteiger partial charge in [-0.3, -0.25) is 4.79 Å². The van der Waals surface area contributed by atoms with Gasteiger partial charge in [0.25, 0.3) is 5.91 Å². The summed E-state index contributed by atoms with van der Waals surface area (Å²) in [4.78, 5) is 11.9. The third kappa shape index (κ3) is 6.48. The molecule has 0 saturated heterocycles. The first-order valence-corrected chi connectivity index (χ1v) is 8.25. The minimum Gasteiger partial charge on any atom is -0.480 e. The molecule has 118 valence electrons. The summed E-state index contributed by atoms with van der Waals surface area (Å²) in [7, 11) is 1.91. The lowest BCUT2D eigenvalue weighted by Crippen LogP contribution is -2.36. The molecule has 2 N–H and O–H groups in total. The van der Waals surface area contributed by atoms with E-state index in [9.17, 15) is 4.79 Å². The van der Waals surface area contributed by atoms with Crippen molar-refractivity contribution in [2.75, 3.05) is 13.6 Å². The quantitative estimate of drug-likeness (QED) is 0.667. The third-order valence-electron chi connectivity index (χ3n) is 3.13. The molecule has 0 saturated carbocycles. The predicted octanol–water partition coefficient (Wildman–Crippen LogP) is 3.24. The van der Waals surface area contributed by atoms with Crippen molar-refractivity contribution in [3.05, 3.63) is 28.2 Å². The zero-order valence-electron chi connectivity index (χ0n) is 13.0. The highest BCUT2D eigenvalue weighted by molar-refractivity contribution is 9.10. The lowest BCUT2D eigenvalue weighted by Gasteiger charge is -2.16. The summed E-state index contributed by atoms with van der Waals surface area (Å²) in [6.07, 6.45) is 2.79. The summed E-state index contributed by atoms with van der Waals surface area (Å²) < 4.78 is 6.58. The normalized spacial score (nSPS) is 12.0. The van der Waals surface area contributed by atoms with Gasteiger partial charge in [0.15, 0.2) is 6.10 Å². The Labute approximate surface area is 135 Å². The summed E-state index contributed by atoms with van der Waals surface area (Å²) in [5.74, 6) is 0.614. The van der Waals surface area contributed by atoms with Gasteiger partial charge < -0.3 is 15.4 Å². The zero-order valence-corrected chi connectivity index (χ0v) is 14.6. The zero-order chi connectivity index (χ0) is 15.7. The molecule has 1 aromatic rings. The average molecular weight is 357 g/mol. The second-order valence-corrected chi connectivity index (χ2v) is 5.91. The Morgan fingerprint density at radius 1 is 1.38 bits per heavy atom. The number of hydrogen-bond acceptors (Lipinski definition) is 3. The lowest BCUT2D eigenvalue weighted by molar-refractivity contribution is -0.127. The standard InChI is InChI=1S/C16H25BrN2O2/c1-4-5-6-9-19-16(20)12(2)21-15-8-7-13(11-18-3)10-14(15)17/h7-8,10,12,18H,4-6,9,11H2,1-3H3,(H,19,20). The third-order valence-corrected chi connectivity index (χ3v) is 3.75. The minimum atomic E-state index is -0.502. The second-order valence-electron chi connectivity index (χ2n) is 5.05. The summed E-state index contributed by atoms with van der Waals surface area (Å²) in [5.41, 5.74) is 1.16. The molecule has 0 radical (unpaired) electrons. The van der Waals surface area contributed by atoms with E-state index in [0.717, 1.165) is 35.8 Å². The van der Waals surface area contributed by atoms with Gasteiger partial charge in [0.2, 0.25) is 0 Å². The molecular formula is C16H25BrN2O2. The number of ether oxygens (including phenoxy) is 1. The molecule has 0 spiro atoms. The Balaban J connectivity index is 2.50. The molecule has 1 atom stereocenters. The van der Waals surface area contributed by atoms with Crippen LogP contribution in [0.4, 0.5) is 0 Å². The van der Waals surface area contributed by atoms with Crippen molar-refractivity contribution in [2.24, 2.45) is 0 Å². The number of nitrogens with one attached hydrogen (secondary N) is 2. The highest BCUT2D eigenvalue weighted by Gasteiger charge is 2.15. The van der Waals surface area contributed by atoms with E-state index in [2.05, 4.69) is 33.5 Å². The van der Waals surface area contributed by atoms with E-state index in [1.54, 1.807) is 6.92 Å². The van der Waals surface area contributed by atoms with Crippen molar-refractivity contribution in [1.29, 1.82) is 0 Å². The van der Waals surface area contributed by atoms with Crippen molar-refractivity contribution in [1.82, 2.24) is 10.6 Å². The van der Waals surface area contributed by atoms with Crippen molar-refractivity contribution in [2.45, 2.75) is 45.8 Å². The van der Waals surface area contributed by atoms with Crippen LogP contribution in [0.2, 0.25) is 0 Å². The molecule has 0 bridgehead atoms. The summed E-state index contributed by atoms with van der Waals surface area (Å²) in [5, 5.41) is 6.00. The fraction of sp³-hybridized carbons (Fsp3) is 0.562. The Morgan fingerprint density at radius 2 is 2.14 bits per heavy atom. The summed E-state index contributed by atoms with van der Waals surface area (Å²) in [6, 6.07) is 5.87. The van der Waals surface area contributed by atoms with Crippen LogP contribution in [0.3, 0.4) is 0 Å². The van der Waals surface area contributed by atoms with Gasteiger partial charge in [-0.1, -0.05) is 25.8 Å². The maximum Gasteiger partial charge on any atom is 0.260 e. The van der Waals surface area contributed by atoms with E-state index >= 15 is 0 Å². The molecule has 5 heteroatoms. The molecule has 0 aliphatic rings. The SMILES string of the molecule is CCCCCNC(=O)C(C)Oc1ccc(CNC)cc1Br. The molecule has 0 heterocycles. The maximum atomic E-state index is 11.9. The van der Waals surface area contributed by atoms with Crippen LogP contribution in [0.25, 0.3) is 0 Å². The number of carbonyl (C=O) groups excluding carboxylic acids is 1. The van der Waals surface area contributed by atoms with Crippen LogP contribution in [0.15, 0.2) is 22.7 Å². The van der Waals surface area contributed by atoms with Crippen LogP contribution < -0.4 is 15.4 Å². The van der Waals surface area contributed by atoms with E-state index in [0.29, 0.717) is 12.3 Å². The molecule has 1 aromatic carbocycles. The Kier molecular flexibility index (Phi) is 8.38. The van der Waals surface area contributed by atoms with Gasteiger partial charge in [-0.2, -0.15) is 0 Å². The first-order valence-electron chi connectivity index (χ1n) is 7.45. The minimum absolute atomic E-state index is 0.0719. The van der Waals surface area contributed by atoms with E-state index in [4.69, 9.17) is 4.74 Å². The molecule has 0 aliphatic heterocycles. The predicted molar refractivity (Wildman–Crippen MR) is 89.5 cm³/mol. The number of unbranched alkanes of at least 4 members (excludes halogenated alkanes) is 2. The molecular weight excluding hydrogens is 332 g/mol. The van der Waals surface area contributed by atoms with Gasteiger partial charge in [0.1, 0.15) is 5.75 Å². The number of halogens is 1. The lowest BCUT2D eigenvalue weighted by atomic mass is 10.2. The monoisotopic (exact) mass is 356 g/mol. The van der Waals surface area contributed by atoms with E-state index < -0.39 is 6.10 Å². The Morgan fingerprint density at radius 3 is 2.76 bits per heavy atom. The highest BCUT2D eigenvalue weighted by atomic mass is 79.9. The number of carbonyl (C=O) groups is 1. The van der Waals surface area contributed by atoms with Gasteiger partial charge in [0, 0.05) is 13.1 Å². The first kappa shape index (κ1) is 18.0. The number of hydrogen-bond donors (Lipinski definition) is 2. The van der Waals surface area contributed by atoms with Gasteiger partial charge in [0.05, 0.1) is 4.47 Å². The smallest absolute Gasteiger partial charge is 0.260 e.